The molecular formula is C11H8FNO2S. The third-order valence-electron chi connectivity index (χ3n) is 2.32. The normalized spacial score (nSPS) is 10.6. The minimum atomic E-state index is -1.11. The molecule has 1 heterocycles. The van der Waals surface area contributed by atoms with Gasteiger partial charge >= 0.3 is 5.97 Å². The van der Waals surface area contributed by atoms with Crippen LogP contribution in [0.2, 0.25) is 0 Å². The van der Waals surface area contributed by atoms with Crippen molar-refractivity contribution in [1.82, 2.24) is 4.98 Å². The maximum absolute atomic E-state index is 13.0. The van der Waals surface area contributed by atoms with E-state index in [-0.39, 0.29) is 17.1 Å². The fourth-order valence-corrected chi connectivity index (χ4v) is 1.70. The van der Waals surface area contributed by atoms with Crippen LogP contribution >= 0.6 is 12.2 Å². The highest BCUT2D eigenvalue weighted by Crippen LogP contribution is 2.20. The Kier molecular flexibility index (Phi) is 2.70. The lowest BCUT2D eigenvalue weighted by molar-refractivity contribution is -0.129. The van der Waals surface area contributed by atoms with Crippen molar-refractivity contribution in [3.05, 3.63) is 35.8 Å². The Labute approximate surface area is 95.9 Å². The first-order valence-corrected chi connectivity index (χ1v) is 5.00. The number of carboxylic acids is 1. The van der Waals surface area contributed by atoms with Gasteiger partial charge in [-0.3, -0.25) is 0 Å². The summed E-state index contributed by atoms with van der Waals surface area (Å²) in [5.74, 6) is -1.46. The van der Waals surface area contributed by atoms with E-state index in [1.165, 1.54) is 12.1 Å². The van der Waals surface area contributed by atoms with Crippen LogP contribution in [-0.4, -0.2) is 20.9 Å². The molecule has 16 heavy (non-hydrogen) atoms. The molecule has 2 rings (SSSR count). The largest absolute Gasteiger partial charge is 0.477 e. The quantitative estimate of drug-likeness (QED) is 0.805. The average Bonchev–Trinajstić information content (AvgIpc) is 2.61. The Morgan fingerprint density at radius 2 is 2.25 bits per heavy atom. The van der Waals surface area contributed by atoms with Crippen LogP contribution < -0.4 is 0 Å². The highest BCUT2D eigenvalue weighted by molar-refractivity contribution is 7.82. The van der Waals surface area contributed by atoms with Gasteiger partial charge in [-0.2, -0.15) is 0 Å². The number of benzene rings is 1. The average molecular weight is 237 g/mol. The van der Waals surface area contributed by atoms with E-state index in [0.29, 0.717) is 10.9 Å². The fraction of sp³-hybridized carbons (Fsp3) is 0.0909. The second-order valence-electron chi connectivity index (χ2n) is 3.41. The first-order chi connectivity index (χ1) is 7.58. The summed E-state index contributed by atoms with van der Waals surface area (Å²) in [6.07, 6.45) is 1.79. The van der Waals surface area contributed by atoms with Gasteiger partial charge in [0.2, 0.25) is 0 Å². The topological polar surface area (TPSA) is 53.1 Å². The van der Waals surface area contributed by atoms with Crippen molar-refractivity contribution in [3.63, 3.8) is 0 Å². The van der Waals surface area contributed by atoms with E-state index in [9.17, 15) is 9.18 Å². The molecule has 0 bridgehead atoms. The zero-order chi connectivity index (χ0) is 11.7. The Morgan fingerprint density at radius 3 is 2.94 bits per heavy atom. The van der Waals surface area contributed by atoms with E-state index in [0.717, 1.165) is 5.52 Å². The summed E-state index contributed by atoms with van der Waals surface area (Å²) in [6.45, 7) is 0. The summed E-state index contributed by atoms with van der Waals surface area (Å²) in [6, 6.07) is 4.32. The number of aromatic amines is 1. The van der Waals surface area contributed by atoms with Crippen LogP contribution in [0.15, 0.2) is 24.4 Å². The number of halogens is 1. The predicted octanol–water partition coefficient (Wildman–Crippen LogP) is 2.30. The van der Waals surface area contributed by atoms with Gasteiger partial charge in [0.25, 0.3) is 0 Å². The van der Waals surface area contributed by atoms with Gasteiger partial charge in [-0.25, -0.2) is 9.18 Å². The minimum absolute atomic E-state index is 0.0786. The molecule has 0 saturated carbocycles. The summed E-state index contributed by atoms with van der Waals surface area (Å²) in [4.78, 5) is 13.5. The van der Waals surface area contributed by atoms with Crippen molar-refractivity contribution in [2.24, 2.45) is 0 Å². The summed E-state index contributed by atoms with van der Waals surface area (Å²) in [7, 11) is 0. The van der Waals surface area contributed by atoms with E-state index < -0.39 is 5.97 Å². The zero-order valence-corrected chi connectivity index (χ0v) is 8.97. The molecule has 0 aliphatic heterocycles. The van der Waals surface area contributed by atoms with Crippen molar-refractivity contribution < 1.29 is 14.3 Å². The molecule has 1 aromatic carbocycles. The molecule has 1 aromatic heterocycles. The van der Waals surface area contributed by atoms with Gasteiger partial charge in [-0.1, -0.05) is 12.2 Å². The number of hydrogen-bond acceptors (Lipinski definition) is 2. The standard InChI is InChI=1S/C11H8FNO2S/c12-7-1-2-9-8(4-7)6(5-13-9)3-10(16)11(14)15/h1-2,4-5,13H,3H2,(H,14,15). The molecular weight excluding hydrogens is 229 g/mol. The van der Waals surface area contributed by atoms with Gasteiger partial charge in [0.15, 0.2) is 0 Å². The Hall–Kier alpha value is -1.75. The Bertz CT molecular complexity index is 576. The lowest BCUT2D eigenvalue weighted by atomic mass is 10.1. The van der Waals surface area contributed by atoms with Crippen LogP contribution in [0.1, 0.15) is 5.56 Å². The number of rotatable bonds is 3. The van der Waals surface area contributed by atoms with E-state index in [2.05, 4.69) is 4.98 Å². The molecule has 0 spiro atoms. The number of carboxylic acid groups (broad SMARTS) is 1. The summed E-state index contributed by atoms with van der Waals surface area (Å²) >= 11 is 4.71. The molecule has 0 aliphatic rings. The van der Waals surface area contributed by atoms with Gasteiger partial charge in [0, 0.05) is 23.5 Å². The van der Waals surface area contributed by atoms with E-state index >= 15 is 0 Å². The molecule has 0 aliphatic carbocycles. The predicted molar refractivity (Wildman–Crippen MR) is 62.2 cm³/mol. The molecule has 0 fully saturated rings. The van der Waals surface area contributed by atoms with Crippen LogP contribution in [0.5, 0.6) is 0 Å². The number of hydrogen-bond donors (Lipinski definition) is 2. The molecule has 3 nitrogen and oxygen atoms in total. The van der Waals surface area contributed by atoms with E-state index in [4.69, 9.17) is 17.3 Å². The number of carbonyl (C=O) groups is 1. The molecule has 2 aromatic rings. The number of aliphatic carboxylic acids is 1. The smallest absolute Gasteiger partial charge is 0.342 e. The van der Waals surface area contributed by atoms with Crippen molar-refractivity contribution >= 4 is 34.0 Å². The van der Waals surface area contributed by atoms with Crippen LogP contribution in [0, 0.1) is 5.82 Å². The van der Waals surface area contributed by atoms with Crippen molar-refractivity contribution in [3.8, 4) is 0 Å². The molecule has 0 unspecified atom stereocenters. The van der Waals surface area contributed by atoms with Crippen molar-refractivity contribution in [2.45, 2.75) is 6.42 Å². The molecule has 5 heteroatoms. The van der Waals surface area contributed by atoms with Crippen molar-refractivity contribution in [1.29, 1.82) is 0 Å². The van der Waals surface area contributed by atoms with Gasteiger partial charge in [0.1, 0.15) is 10.7 Å². The number of thiocarbonyl (C=S) groups is 1. The van der Waals surface area contributed by atoms with Crippen LogP contribution in [0.4, 0.5) is 4.39 Å². The molecule has 0 amide bonds. The SMILES string of the molecule is O=C(O)C(=S)Cc1c[nH]c2ccc(F)cc12. The van der Waals surface area contributed by atoms with Gasteiger partial charge in [0.05, 0.1) is 0 Å². The summed E-state index contributed by atoms with van der Waals surface area (Å²) < 4.78 is 13.0. The van der Waals surface area contributed by atoms with Gasteiger partial charge in [-0.15, -0.1) is 0 Å². The van der Waals surface area contributed by atoms with Crippen LogP contribution in [0.3, 0.4) is 0 Å². The van der Waals surface area contributed by atoms with Crippen molar-refractivity contribution in [2.75, 3.05) is 0 Å². The molecule has 82 valence electrons. The second kappa shape index (κ2) is 4.02. The Morgan fingerprint density at radius 1 is 1.50 bits per heavy atom. The third kappa shape index (κ3) is 1.94. The first kappa shape index (κ1) is 10.8. The van der Waals surface area contributed by atoms with Crippen LogP contribution in [0.25, 0.3) is 10.9 Å². The number of H-pyrrole nitrogens is 1. The first-order valence-electron chi connectivity index (χ1n) is 4.59. The second-order valence-corrected chi connectivity index (χ2v) is 3.90. The fourth-order valence-electron chi connectivity index (χ4n) is 1.55. The van der Waals surface area contributed by atoms with E-state index in [1.54, 1.807) is 12.3 Å². The molecule has 0 saturated heterocycles. The maximum atomic E-state index is 13.0. The monoisotopic (exact) mass is 237 g/mol. The minimum Gasteiger partial charge on any atom is -0.477 e. The highest BCUT2D eigenvalue weighted by Gasteiger charge is 2.11. The van der Waals surface area contributed by atoms with Gasteiger partial charge in [-0.05, 0) is 23.8 Å². The molecule has 2 N–H and O–H groups in total. The van der Waals surface area contributed by atoms with Gasteiger partial charge < -0.3 is 10.1 Å². The zero-order valence-electron chi connectivity index (χ0n) is 8.16. The lowest BCUT2D eigenvalue weighted by Gasteiger charge is -1.97. The third-order valence-corrected chi connectivity index (χ3v) is 2.64. The lowest BCUT2D eigenvalue weighted by Crippen LogP contribution is -2.12. The van der Waals surface area contributed by atoms with Crippen LogP contribution in [-0.2, 0) is 11.2 Å². The number of aromatic nitrogens is 1. The Balaban J connectivity index is 2.41. The molecule has 0 atom stereocenters. The highest BCUT2D eigenvalue weighted by atomic mass is 32.1. The number of fused-ring (bicyclic) bond motifs is 1. The summed E-state index contributed by atoms with van der Waals surface area (Å²) in [5.41, 5.74) is 1.46. The number of nitrogens with one attached hydrogen (secondary N) is 1. The van der Waals surface area contributed by atoms with E-state index in [1.807, 2.05) is 0 Å². The molecule has 0 radical (unpaired) electrons. The summed E-state index contributed by atoms with van der Waals surface area (Å²) in [5, 5.41) is 9.35. The maximum Gasteiger partial charge on any atom is 0.342 e.